The predicted molar refractivity (Wildman–Crippen MR) is 152 cm³/mol. The van der Waals surface area contributed by atoms with Crippen LogP contribution in [0, 0.1) is 17.4 Å². The van der Waals surface area contributed by atoms with Crippen molar-refractivity contribution in [3.8, 4) is 5.75 Å². The number of aliphatic hydroxyl groups is 3. The quantitative estimate of drug-likeness (QED) is 0.163. The molecule has 1 saturated heterocycles. The number of hydrogen-bond donors (Lipinski definition) is 6. The molecule has 0 bridgehead atoms. The molecule has 4 atom stereocenters. The first-order chi connectivity index (χ1) is 19.8. The molecule has 2 fully saturated rings. The summed E-state index contributed by atoms with van der Waals surface area (Å²) in [6, 6.07) is 0.742. The maximum absolute atomic E-state index is 14.2. The molecule has 42 heavy (non-hydrogen) atoms. The number of nitrogens with zero attached hydrogens (tertiary/aromatic N) is 4. The molecule has 226 valence electrons. The van der Waals surface area contributed by atoms with E-state index in [4.69, 9.17) is 5.53 Å². The van der Waals surface area contributed by atoms with Crippen LogP contribution in [0.4, 0.5) is 5.69 Å². The van der Waals surface area contributed by atoms with E-state index in [1.54, 1.807) is 19.5 Å². The molecule has 1 aliphatic heterocycles. The molecule has 0 aromatic heterocycles. The summed E-state index contributed by atoms with van der Waals surface area (Å²) < 4.78 is 0. The van der Waals surface area contributed by atoms with Crippen molar-refractivity contribution in [2.75, 3.05) is 46.2 Å². The summed E-state index contributed by atoms with van der Waals surface area (Å²) in [4.78, 5) is 45.9. The van der Waals surface area contributed by atoms with Crippen LogP contribution < -0.4 is 10.3 Å². The molecule has 1 unspecified atom stereocenters. The number of Topliss-reactive ketones (excluding diaryl/α,β-unsaturated/α-hetero) is 2. The number of fused-ring (bicyclic) bond motifs is 3. The van der Waals surface area contributed by atoms with E-state index in [0.29, 0.717) is 17.7 Å². The average molecular weight is 583 g/mol. The minimum Gasteiger partial charge on any atom is -0.508 e. The second-order valence-corrected chi connectivity index (χ2v) is 12.1. The lowest BCUT2D eigenvalue weighted by molar-refractivity contribution is -0.153. The molecule has 0 radical (unpaired) electrons. The van der Waals surface area contributed by atoms with E-state index in [-0.39, 0.29) is 29.7 Å². The predicted octanol–water partition coefficient (Wildman–Crippen LogP) is 1.59. The van der Waals surface area contributed by atoms with E-state index < -0.39 is 58.0 Å². The van der Waals surface area contributed by atoms with Gasteiger partial charge in [-0.25, -0.2) is 5.43 Å². The molecule has 1 aromatic carbocycles. The van der Waals surface area contributed by atoms with Crippen LogP contribution in [0.1, 0.15) is 42.4 Å². The molecular formula is C29H38N6O7. The first-order valence-corrected chi connectivity index (χ1v) is 14.1. The number of anilines is 1. The number of rotatable bonds is 6. The number of aliphatic hydroxyl groups excluding tert-OH is 2. The number of amides is 1. The van der Waals surface area contributed by atoms with Crippen molar-refractivity contribution in [3.63, 3.8) is 0 Å². The van der Waals surface area contributed by atoms with Gasteiger partial charge in [0.2, 0.25) is 5.78 Å². The number of likely N-dealkylation sites (tertiary alicyclic amines) is 1. The summed E-state index contributed by atoms with van der Waals surface area (Å²) in [5.74, 6) is -6.64. The molecule has 6 N–H and O–H groups in total. The van der Waals surface area contributed by atoms with E-state index in [1.165, 1.54) is 4.90 Å². The first-order valence-electron chi connectivity index (χ1n) is 14.1. The third kappa shape index (κ3) is 4.38. The van der Waals surface area contributed by atoms with Crippen LogP contribution >= 0.6 is 0 Å². The number of carbonyl (C=O) groups excluding carboxylic acids is 3. The van der Waals surface area contributed by atoms with Crippen LogP contribution in [0.5, 0.6) is 5.75 Å². The van der Waals surface area contributed by atoms with Gasteiger partial charge in [0.25, 0.3) is 5.91 Å². The Hall–Kier alpha value is -3.81. The molecular weight excluding hydrogens is 544 g/mol. The van der Waals surface area contributed by atoms with Crippen LogP contribution in [0.25, 0.3) is 5.76 Å². The average Bonchev–Trinajstić information content (AvgIpc) is 2.92. The lowest BCUT2D eigenvalue weighted by Gasteiger charge is -2.50. The highest BCUT2D eigenvalue weighted by Crippen LogP contribution is 2.54. The molecule has 13 heteroatoms. The van der Waals surface area contributed by atoms with Gasteiger partial charge in [0.15, 0.2) is 11.4 Å². The summed E-state index contributed by atoms with van der Waals surface area (Å²) >= 11 is 0. The fourth-order valence-electron chi connectivity index (χ4n) is 7.31. The van der Waals surface area contributed by atoms with Gasteiger partial charge in [0, 0.05) is 43.4 Å². The van der Waals surface area contributed by atoms with E-state index in [2.05, 4.69) is 10.1 Å². The number of phenolic OH excluding ortho intramolecular Hbond substituents is 1. The second kappa shape index (κ2) is 10.8. The molecule has 0 spiro atoms. The maximum atomic E-state index is 14.2. The van der Waals surface area contributed by atoms with Crippen LogP contribution in [-0.4, -0.2) is 101 Å². The Labute approximate surface area is 243 Å². The number of phenols is 1. The highest BCUT2D eigenvalue weighted by molar-refractivity contribution is 6.24. The maximum Gasteiger partial charge on any atom is 0.279 e. The van der Waals surface area contributed by atoms with Crippen LogP contribution in [0.3, 0.4) is 0 Å². The van der Waals surface area contributed by atoms with Crippen molar-refractivity contribution >= 4 is 28.9 Å². The Morgan fingerprint density at radius 2 is 1.81 bits per heavy atom. The number of carbonyl (C=O) groups is 3. The fourth-order valence-corrected chi connectivity index (χ4v) is 7.31. The van der Waals surface area contributed by atoms with Gasteiger partial charge in [0.05, 0.1) is 11.6 Å². The van der Waals surface area contributed by atoms with Gasteiger partial charge < -0.3 is 25.3 Å². The highest BCUT2D eigenvalue weighted by atomic mass is 16.3. The zero-order valence-electron chi connectivity index (χ0n) is 24.3. The lowest BCUT2D eigenvalue weighted by atomic mass is 9.57. The minimum atomic E-state index is -2.71. The third-order valence-corrected chi connectivity index (χ3v) is 9.24. The van der Waals surface area contributed by atoms with Gasteiger partial charge in [-0.2, -0.15) is 5.53 Å². The molecule has 1 heterocycles. The Kier molecular flexibility index (Phi) is 7.62. The van der Waals surface area contributed by atoms with Crippen molar-refractivity contribution in [1.29, 1.82) is 5.53 Å². The van der Waals surface area contributed by atoms with E-state index in [1.807, 2.05) is 25.1 Å². The third-order valence-electron chi connectivity index (χ3n) is 9.24. The van der Waals surface area contributed by atoms with E-state index >= 15 is 0 Å². The molecule has 1 aromatic rings. The van der Waals surface area contributed by atoms with Gasteiger partial charge in [0.1, 0.15) is 22.8 Å². The second-order valence-electron chi connectivity index (χ2n) is 12.1. The van der Waals surface area contributed by atoms with Gasteiger partial charge in [-0.05, 0) is 70.4 Å². The molecule has 5 rings (SSSR count). The van der Waals surface area contributed by atoms with E-state index in [0.717, 1.165) is 38.0 Å². The molecule has 1 amide bonds. The summed E-state index contributed by atoms with van der Waals surface area (Å²) in [5.41, 5.74) is 7.10. The van der Waals surface area contributed by atoms with Crippen LogP contribution in [-0.2, 0) is 27.3 Å². The van der Waals surface area contributed by atoms with Crippen molar-refractivity contribution < 1.29 is 34.8 Å². The van der Waals surface area contributed by atoms with Gasteiger partial charge in [-0.3, -0.25) is 24.2 Å². The Morgan fingerprint density at radius 3 is 2.40 bits per heavy atom. The zero-order valence-corrected chi connectivity index (χ0v) is 24.3. The standard InChI is InChI=1S/C29H38N6O7/c1-33(2)18-12-15(13-35-8-6-5-7-9-35)23(36)20-16(18)10-14-11-17-22(34(3)4)25(38)21(28(41)31-32-30)27(40)29(17,42)26(39)19(14)24(20)37/h12,14,17,22,36-37,40,42H,5-11,13H2,1-4H3,(H2,30,31,41)/t14-,17-,22?,29-/m0/s1. The van der Waals surface area contributed by atoms with Gasteiger partial charge >= 0.3 is 0 Å². The Bertz CT molecular complexity index is 1430. The van der Waals surface area contributed by atoms with Crippen molar-refractivity contribution in [2.45, 2.75) is 50.3 Å². The largest absolute Gasteiger partial charge is 0.508 e. The normalized spacial score (nSPS) is 27.9. The summed E-state index contributed by atoms with van der Waals surface area (Å²) in [7, 11) is 6.84. The zero-order chi connectivity index (χ0) is 30.7. The smallest absolute Gasteiger partial charge is 0.279 e. The van der Waals surface area contributed by atoms with Crippen molar-refractivity contribution in [2.24, 2.45) is 17.1 Å². The van der Waals surface area contributed by atoms with Crippen LogP contribution in [0.2, 0.25) is 0 Å². The van der Waals surface area contributed by atoms with Crippen molar-refractivity contribution in [3.05, 3.63) is 39.7 Å². The first kappa shape index (κ1) is 29.7. The minimum absolute atomic E-state index is 0.0284. The number of hydrogen-bond acceptors (Lipinski definition) is 12. The molecule has 3 aliphatic carbocycles. The molecule has 4 aliphatic rings. The number of piperidine rings is 1. The number of ketones is 2. The van der Waals surface area contributed by atoms with Crippen molar-refractivity contribution in [1.82, 2.24) is 15.2 Å². The summed E-state index contributed by atoms with van der Waals surface area (Å²) in [6.07, 6.45) is 3.53. The summed E-state index contributed by atoms with van der Waals surface area (Å²) in [5, 5.41) is 49.0. The Morgan fingerprint density at radius 1 is 1.14 bits per heavy atom. The number of nitrogens with one attached hydrogen (secondary N) is 2. The monoisotopic (exact) mass is 582 g/mol. The Balaban J connectivity index is 1.69. The fraction of sp³-hybridized carbons (Fsp3) is 0.552. The number of likely N-dealkylation sites (N-methyl/N-ethyl adjacent to an activating group) is 1. The number of aromatic hydroxyl groups is 1. The van der Waals surface area contributed by atoms with Crippen LogP contribution in [0.15, 0.2) is 28.2 Å². The van der Waals surface area contributed by atoms with Gasteiger partial charge in [-0.15, -0.1) is 0 Å². The topological polar surface area (TPSA) is 190 Å². The highest BCUT2D eigenvalue weighted by Gasteiger charge is 2.64. The van der Waals surface area contributed by atoms with E-state index in [9.17, 15) is 34.8 Å². The lowest BCUT2D eigenvalue weighted by Crippen LogP contribution is -2.65. The molecule has 1 saturated carbocycles. The number of benzene rings is 1. The SMILES string of the molecule is CN(C)c1cc(CN2CCCCC2)c(O)c2c1C[C@H]1C[C@H]3C(N(C)C)C(=O)C(C(=O)NN=N)=C(O)[C@@]3(O)C(=O)C1=C2O. The summed E-state index contributed by atoms with van der Waals surface area (Å²) in [6.45, 7) is 2.23. The molecule has 13 nitrogen and oxygen atoms in total. The van der Waals surface area contributed by atoms with Gasteiger partial charge in [-0.1, -0.05) is 11.6 Å².